The number of rotatable bonds is 5. The number of benzene rings is 2. The Balaban J connectivity index is 1.48. The van der Waals surface area contributed by atoms with E-state index in [2.05, 4.69) is 4.98 Å². The average Bonchev–Trinajstić information content (AvgIpc) is 3.14. The van der Waals surface area contributed by atoms with Gasteiger partial charge in [-0.05, 0) is 56.1 Å². The topological polar surface area (TPSA) is 66.6 Å². The molecular formula is C22H20F2N2O3. The smallest absolute Gasteiger partial charge is 0.358 e. The fourth-order valence-electron chi connectivity index (χ4n) is 3.81. The van der Waals surface area contributed by atoms with Crippen LogP contribution in [0.5, 0.6) is 0 Å². The van der Waals surface area contributed by atoms with Gasteiger partial charge >= 0.3 is 5.97 Å². The van der Waals surface area contributed by atoms with Gasteiger partial charge in [0.2, 0.25) is 5.89 Å². The monoisotopic (exact) mass is 398 g/mol. The molecule has 0 saturated carbocycles. The summed E-state index contributed by atoms with van der Waals surface area (Å²) in [6.07, 6.45) is 1.17. The van der Waals surface area contributed by atoms with Crippen molar-refractivity contribution in [3.8, 4) is 11.5 Å². The van der Waals surface area contributed by atoms with Crippen molar-refractivity contribution in [2.75, 3.05) is 13.1 Å². The molecule has 0 atom stereocenters. The van der Waals surface area contributed by atoms with Gasteiger partial charge in [0.15, 0.2) is 11.5 Å². The van der Waals surface area contributed by atoms with Crippen molar-refractivity contribution in [3.63, 3.8) is 0 Å². The molecule has 4 rings (SSSR count). The zero-order chi connectivity index (χ0) is 20.4. The number of halogens is 2. The third-order valence-electron chi connectivity index (χ3n) is 5.28. The highest BCUT2D eigenvalue weighted by atomic mass is 19.1. The molecule has 1 N–H and O–H groups in total. The van der Waals surface area contributed by atoms with Crippen molar-refractivity contribution in [1.29, 1.82) is 0 Å². The zero-order valence-electron chi connectivity index (χ0n) is 15.6. The van der Waals surface area contributed by atoms with Gasteiger partial charge in [-0.3, -0.25) is 4.90 Å². The van der Waals surface area contributed by atoms with Gasteiger partial charge in [0.25, 0.3) is 0 Å². The number of likely N-dealkylation sites (tertiary alicyclic amines) is 1. The van der Waals surface area contributed by atoms with Gasteiger partial charge in [-0.25, -0.2) is 18.6 Å². The number of hydrogen-bond donors (Lipinski definition) is 1. The Morgan fingerprint density at radius 2 is 1.72 bits per heavy atom. The SMILES string of the molecule is O=C(O)c1nc(-c2ccccc2)oc1CN1CCC(c2c(F)cccc2F)CC1. The second-order valence-electron chi connectivity index (χ2n) is 7.15. The van der Waals surface area contributed by atoms with Crippen molar-refractivity contribution in [2.24, 2.45) is 0 Å². The Bertz CT molecular complexity index is 992. The lowest BCUT2D eigenvalue weighted by Crippen LogP contribution is -2.33. The Kier molecular flexibility index (Phi) is 5.40. The molecule has 1 aromatic heterocycles. The van der Waals surface area contributed by atoms with Crippen molar-refractivity contribution >= 4 is 5.97 Å². The van der Waals surface area contributed by atoms with Gasteiger partial charge in [-0.2, -0.15) is 0 Å². The van der Waals surface area contributed by atoms with E-state index in [1.807, 2.05) is 23.1 Å². The highest BCUT2D eigenvalue weighted by Gasteiger charge is 2.28. The number of hydrogen-bond acceptors (Lipinski definition) is 4. The minimum Gasteiger partial charge on any atom is -0.476 e. The highest BCUT2D eigenvalue weighted by Crippen LogP contribution is 2.32. The first-order valence-electron chi connectivity index (χ1n) is 9.47. The fraction of sp³-hybridized carbons (Fsp3) is 0.273. The van der Waals surface area contributed by atoms with Gasteiger partial charge < -0.3 is 9.52 Å². The first-order valence-corrected chi connectivity index (χ1v) is 9.47. The lowest BCUT2D eigenvalue weighted by Gasteiger charge is -2.31. The van der Waals surface area contributed by atoms with Crippen LogP contribution in [0.1, 0.15) is 40.6 Å². The molecular weight excluding hydrogens is 378 g/mol. The standard InChI is InChI=1S/C22H20F2N2O3/c23-16-7-4-8-17(24)19(16)14-9-11-26(12-10-14)13-18-20(22(27)28)25-21(29-18)15-5-2-1-3-6-15/h1-8,14H,9-13H2,(H,27,28). The van der Waals surface area contributed by atoms with E-state index in [9.17, 15) is 18.7 Å². The van der Waals surface area contributed by atoms with E-state index >= 15 is 0 Å². The molecule has 0 unspecified atom stereocenters. The molecule has 1 aliphatic heterocycles. The molecule has 0 radical (unpaired) electrons. The van der Waals surface area contributed by atoms with Crippen LogP contribution in [-0.4, -0.2) is 34.0 Å². The van der Waals surface area contributed by atoms with E-state index in [0.29, 0.717) is 31.5 Å². The Hall–Kier alpha value is -3.06. The zero-order valence-corrected chi connectivity index (χ0v) is 15.6. The summed E-state index contributed by atoms with van der Waals surface area (Å²) >= 11 is 0. The molecule has 5 nitrogen and oxygen atoms in total. The van der Waals surface area contributed by atoms with Crippen LogP contribution < -0.4 is 0 Å². The molecule has 2 heterocycles. The second-order valence-corrected chi connectivity index (χ2v) is 7.15. The van der Waals surface area contributed by atoms with Crippen LogP contribution in [0.3, 0.4) is 0 Å². The summed E-state index contributed by atoms with van der Waals surface area (Å²) in [5.74, 6) is -1.82. The summed E-state index contributed by atoms with van der Waals surface area (Å²) in [5, 5.41) is 9.48. The third kappa shape index (κ3) is 4.05. The number of aromatic carboxylic acids is 1. The molecule has 3 aromatic rings. The quantitative estimate of drug-likeness (QED) is 0.675. The number of piperidine rings is 1. The summed E-state index contributed by atoms with van der Waals surface area (Å²) in [5.41, 5.74) is 0.741. The van der Waals surface area contributed by atoms with E-state index in [1.165, 1.54) is 18.2 Å². The molecule has 29 heavy (non-hydrogen) atoms. The predicted octanol–water partition coefficient (Wildman–Crippen LogP) is 4.70. The summed E-state index contributed by atoms with van der Waals surface area (Å²) in [6.45, 7) is 1.45. The normalized spacial score (nSPS) is 15.5. The number of carboxylic acids is 1. The highest BCUT2D eigenvalue weighted by molar-refractivity contribution is 5.87. The minimum atomic E-state index is -1.14. The second kappa shape index (κ2) is 8.13. The predicted molar refractivity (Wildman–Crippen MR) is 103 cm³/mol. The maximum Gasteiger partial charge on any atom is 0.358 e. The molecule has 1 fully saturated rings. The van der Waals surface area contributed by atoms with Crippen molar-refractivity contribution in [2.45, 2.75) is 25.3 Å². The molecule has 7 heteroatoms. The van der Waals surface area contributed by atoms with Crippen LogP contribution in [0.2, 0.25) is 0 Å². The first kappa shape index (κ1) is 19.3. The number of nitrogens with zero attached hydrogens (tertiary/aromatic N) is 2. The molecule has 1 saturated heterocycles. The largest absolute Gasteiger partial charge is 0.476 e. The van der Waals surface area contributed by atoms with Crippen LogP contribution in [0.4, 0.5) is 8.78 Å². The summed E-state index contributed by atoms with van der Waals surface area (Å²) in [6, 6.07) is 13.0. The first-order chi connectivity index (χ1) is 14.0. The summed E-state index contributed by atoms with van der Waals surface area (Å²) in [4.78, 5) is 17.8. The maximum absolute atomic E-state index is 14.0. The number of carbonyl (C=O) groups is 1. The van der Waals surface area contributed by atoms with Crippen LogP contribution in [0.15, 0.2) is 52.9 Å². The number of aromatic nitrogens is 1. The Morgan fingerprint density at radius 3 is 2.34 bits per heavy atom. The summed E-state index contributed by atoms with van der Waals surface area (Å²) in [7, 11) is 0. The van der Waals surface area contributed by atoms with E-state index in [4.69, 9.17) is 4.42 Å². The van der Waals surface area contributed by atoms with E-state index in [1.54, 1.807) is 12.1 Å². The van der Waals surface area contributed by atoms with E-state index in [0.717, 1.165) is 0 Å². The van der Waals surface area contributed by atoms with Gasteiger partial charge in [0.1, 0.15) is 11.6 Å². The van der Waals surface area contributed by atoms with Gasteiger partial charge in [0.05, 0.1) is 6.54 Å². The van der Waals surface area contributed by atoms with E-state index < -0.39 is 17.6 Å². The Labute approximate surface area is 166 Å². The maximum atomic E-state index is 14.0. The van der Waals surface area contributed by atoms with Crippen LogP contribution in [-0.2, 0) is 6.54 Å². The van der Waals surface area contributed by atoms with Crippen molar-refractivity contribution < 1.29 is 23.1 Å². The molecule has 0 aliphatic carbocycles. The lowest BCUT2D eigenvalue weighted by atomic mass is 9.88. The molecule has 0 spiro atoms. The average molecular weight is 398 g/mol. The lowest BCUT2D eigenvalue weighted by molar-refractivity contribution is 0.0686. The molecule has 0 amide bonds. The van der Waals surface area contributed by atoms with Gasteiger partial charge in [-0.1, -0.05) is 24.3 Å². The molecule has 150 valence electrons. The fourth-order valence-corrected chi connectivity index (χ4v) is 3.81. The van der Waals surface area contributed by atoms with Crippen LogP contribution in [0.25, 0.3) is 11.5 Å². The van der Waals surface area contributed by atoms with Crippen LogP contribution >= 0.6 is 0 Å². The minimum absolute atomic E-state index is 0.105. The Morgan fingerprint density at radius 1 is 1.07 bits per heavy atom. The molecule has 2 aromatic carbocycles. The van der Waals surface area contributed by atoms with Crippen LogP contribution in [0, 0.1) is 11.6 Å². The third-order valence-corrected chi connectivity index (χ3v) is 5.28. The van der Waals surface area contributed by atoms with Gasteiger partial charge in [-0.15, -0.1) is 0 Å². The molecule has 1 aliphatic rings. The number of oxazole rings is 1. The van der Waals surface area contributed by atoms with Crippen molar-refractivity contribution in [1.82, 2.24) is 9.88 Å². The van der Waals surface area contributed by atoms with E-state index in [-0.39, 0.29) is 35.4 Å². The summed E-state index contributed by atoms with van der Waals surface area (Å²) < 4.78 is 33.8. The number of carboxylic acid groups (broad SMARTS) is 1. The molecule has 0 bridgehead atoms. The van der Waals surface area contributed by atoms with Crippen molar-refractivity contribution in [3.05, 3.63) is 77.2 Å². The van der Waals surface area contributed by atoms with Gasteiger partial charge in [0, 0.05) is 11.1 Å².